The van der Waals surface area contributed by atoms with E-state index in [1.54, 1.807) is 11.8 Å². The second-order valence-electron chi connectivity index (χ2n) is 4.03. The zero-order valence-corrected chi connectivity index (χ0v) is 9.58. The lowest BCUT2D eigenvalue weighted by Crippen LogP contribution is -2.31. The van der Waals surface area contributed by atoms with Crippen molar-refractivity contribution in [2.45, 2.75) is 12.3 Å². The number of halogens is 3. The van der Waals surface area contributed by atoms with Crippen LogP contribution in [-0.4, -0.2) is 12.3 Å². The minimum atomic E-state index is -1.40. The van der Waals surface area contributed by atoms with Gasteiger partial charge in [-0.2, -0.15) is 0 Å². The third-order valence-corrected chi connectivity index (χ3v) is 4.04. The van der Waals surface area contributed by atoms with E-state index in [9.17, 15) is 13.2 Å². The molecular weight excluding hydrogens is 235 g/mol. The maximum absolute atomic E-state index is 13.0. The van der Waals surface area contributed by atoms with Gasteiger partial charge >= 0.3 is 0 Å². The summed E-state index contributed by atoms with van der Waals surface area (Å²) < 4.78 is 38.8. The van der Waals surface area contributed by atoms with Crippen molar-refractivity contribution in [3.05, 3.63) is 35.1 Å². The number of hydrogen-bond acceptors (Lipinski definition) is 2. The molecule has 1 aliphatic heterocycles. The van der Waals surface area contributed by atoms with Gasteiger partial charge in [-0.25, -0.2) is 13.2 Å². The van der Waals surface area contributed by atoms with E-state index >= 15 is 0 Å². The highest BCUT2D eigenvalue weighted by atomic mass is 32.2. The Morgan fingerprint density at radius 3 is 2.38 bits per heavy atom. The van der Waals surface area contributed by atoms with E-state index in [1.807, 2.05) is 0 Å². The molecule has 1 aromatic rings. The van der Waals surface area contributed by atoms with Gasteiger partial charge in [0.2, 0.25) is 0 Å². The van der Waals surface area contributed by atoms with Crippen LogP contribution in [0.3, 0.4) is 0 Å². The molecule has 2 atom stereocenters. The van der Waals surface area contributed by atoms with Gasteiger partial charge in [0.1, 0.15) is 0 Å². The molecule has 0 bridgehead atoms. The van der Waals surface area contributed by atoms with Crippen LogP contribution in [0.1, 0.15) is 17.9 Å². The van der Waals surface area contributed by atoms with Crippen molar-refractivity contribution in [3.8, 4) is 0 Å². The summed E-state index contributed by atoms with van der Waals surface area (Å²) in [6.07, 6.45) is 0. The Bertz CT molecular complexity index is 366. The average Bonchev–Trinajstić information content (AvgIpc) is 2.26. The molecule has 1 aliphatic rings. The smallest absolute Gasteiger partial charge is 0.194 e. The maximum Gasteiger partial charge on any atom is 0.194 e. The Hall–Kier alpha value is -0.680. The molecule has 1 heterocycles. The number of benzene rings is 1. The molecule has 1 N–H and O–H groups in total. The van der Waals surface area contributed by atoms with Crippen LogP contribution in [0.15, 0.2) is 12.1 Å². The Balaban J connectivity index is 2.21. The summed E-state index contributed by atoms with van der Waals surface area (Å²) in [4.78, 5) is 0. The average molecular weight is 247 g/mol. The Morgan fingerprint density at radius 1 is 1.25 bits per heavy atom. The first kappa shape index (κ1) is 11.8. The second-order valence-corrected chi connectivity index (χ2v) is 5.16. The Labute approximate surface area is 96.4 Å². The van der Waals surface area contributed by atoms with Crippen molar-refractivity contribution < 1.29 is 13.2 Å². The third kappa shape index (κ3) is 2.35. The first-order chi connectivity index (χ1) is 7.58. The zero-order valence-electron chi connectivity index (χ0n) is 8.77. The summed E-state index contributed by atoms with van der Waals surface area (Å²) in [6, 6.07) is 2.11. The summed E-state index contributed by atoms with van der Waals surface area (Å²) in [7, 11) is 0. The van der Waals surface area contributed by atoms with Crippen LogP contribution in [-0.2, 0) is 0 Å². The van der Waals surface area contributed by atoms with Gasteiger partial charge in [0.05, 0.1) is 5.37 Å². The molecule has 0 aliphatic carbocycles. The molecular formula is C11H12F3NS. The first-order valence-corrected chi connectivity index (χ1v) is 6.12. The van der Waals surface area contributed by atoms with E-state index in [-0.39, 0.29) is 5.37 Å². The van der Waals surface area contributed by atoms with Gasteiger partial charge in [-0.15, -0.1) is 11.8 Å². The number of nitrogens with one attached hydrogen (secondary N) is 1. The van der Waals surface area contributed by atoms with Gasteiger partial charge in [-0.05, 0) is 35.9 Å². The van der Waals surface area contributed by atoms with Crippen molar-refractivity contribution in [2.24, 2.45) is 5.92 Å². The van der Waals surface area contributed by atoms with Crippen molar-refractivity contribution in [2.75, 3.05) is 12.3 Å². The summed E-state index contributed by atoms with van der Waals surface area (Å²) in [5, 5.41) is 3.01. The molecule has 5 heteroatoms. The van der Waals surface area contributed by atoms with Crippen LogP contribution >= 0.6 is 11.8 Å². The molecule has 1 fully saturated rings. The normalized spacial score (nSPS) is 25.8. The minimum Gasteiger partial charge on any atom is -0.301 e. The molecule has 2 rings (SSSR count). The highest BCUT2D eigenvalue weighted by Crippen LogP contribution is 2.32. The van der Waals surface area contributed by atoms with Gasteiger partial charge in [0.15, 0.2) is 17.5 Å². The summed E-state index contributed by atoms with van der Waals surface area (Å²) in [5.41, 5.74) is 0.452. The molecule has 88 valence electrons. The van der Waals surface area contributed by atoms with Gasteiger partial charge in [-0.1, -0.05) is 6.92 Å². The standard InChI is InChI=1S/C11H12F3NS/c1-6-4-15-11(16-5-6)7-2-8(12)10(14)9(13)3-7/h2-3,6,11,15H,4-5H2,1H3. The van der Waals surface area contributed by atoms with Gasteiger partial charge < -0.3 is 5.32 Å². The Morgan fingerprint density at radius 2 is 1.88 bits per heavy atom. The van der Waals surface area contributed by atoms with E-state index in [4.69, 9.17) is 0 Å². The van der Waals surface area contributed by atoms with Crippen LogP contribution in [0.5, 0.6) is 0 Å². The van der Waals surface area contributed by atoms with E-state index < -0.39 is 17.5 Å². The van der Waals surface area contributed by atoms with Crippen LogP contribution in [0.4, 0.5) is 13.2 Å². The number of rotatable bonds is 1. The quantitative estimate of drug-likeness (QED) is 0.765. The third-order valence-electron chi connectivity index (χ3n) is 2.51. The van der Waals surface area contributed by atoms with Crippen molar-refractivity contribution in [3.63, 3.8) is 0 Å². The molecule has 0 amide bonds. The van der Waals surface area contributed by atoms with Crippen molar-refractivity contribution in [1.29, 1.82) is 0 Å². The molecule has 2 unspecified atom stereocenters. The lowest BCUT2D eigenvalue weighted by atomic mass is 10.1. The molecule has 0 saturated carbocycles. The summed E-state index contributed by atoms with van der Waals surface area (Å²) in [6.45, 7) is 2.90. The molecule has 0 spiro atoms. The highest BCUT2D eigenvalue weighted by molar-refractivity contribution is 7.99. The summed E-state index contributed by atoms with van der Waals surface area (Å²) in [5.74, 6) is -2.19. The second kappa shape index (κ2) is 4.67. The van der Waals surface area contributed by atoms with Crippen molar-refractivity contribution >= 4 is 11.8 Å². The molecule has 1 saturated heterocycles. The summed E-state index contributed by atoms with van der Waals surface area (Å²) >= 11 is 1.58. The molecule has 0 aromatic heterocycles. The largest absolute Gasteiger partial charge is 0.301 e. The van der Waals surface area contributed by atoms with Gasteiger partial charge in [-0.3, -0.25) is 0 Å². The predicted octanol–water partition coefficient (Wildman–Crippen LogP) is 3.08. The minimum absolute atomic E-state index is 0.152. The molecule has 1 aromatic carbocycles. The monoisotopic (exact) mass is 247 g/mol. The molecule has 1 nitrogen and oxygen atoms in total. The molecule has 16 heavy (non-hydrogen) atoms. The fourth-order valence-corrected chi connectivity index (χ4v) is 2.81. The van der Waals surface area contributed by atoms with Crippen LogP contribution in [0.2, 0.25) is 0 Å². The molecule has 0 radical (unpaired) electrons. The van der Waals surface area contributed by atoms with E-state index in [0.717, 1.165) is 24.4 Å². The van der Waals surface area contributed by atoms with E-state index in [2.05, 4.69) is 12.2 Å². The first-order valence-electron chi connectivity index (χ1n) is 5.07. The predicted molar refractivity (Wildman–Crippen MR) is 58.7 cm³/mol. The van der Waals surface area contributed by atoms with E-state index in [1.165, 1.54) is 0 Å². The fourth-order valence-electron chi connectivity index (χ4n) is 1.63. The lowest BCUT2D eigenvalue weighted by molar-refractivity contribution is 0.442. The fraction of sp³-hybridized carbons (Fsp3) is 0.455. The van der Waals surface area contributed by atoms with Crippen LogP contribution in [0, 0.1) is 23.4 Å². The van der Waals surface area contributed by atoms with Gasteiger partial charge in [0.25, 0.3) is 0 Å². The number of thioether (sulfide) groups is 1. The lowest BCUT2D eigenvalue weighted by Gasteiger charge is -2.27. The number of hydrogen-bond donors (Lipinski definition) is 1. The zero-order chi connectivity index (χ0) is 11.7. The van der Waals surface area contributed by atoms with Crippen LogP contribution < -0.4 is 5.32 Å². The van der Waals surface area contributed by atoms with Crippen molar-refractivity contribution in [1.82, 2.24) is 5.32 Å². The highest BCUT2D eigenvalue weighted by Gasteiger charge is 2.22. The van der Waals surface area contributed by atoms with Crippen LogP contribution in [0.25, 0.3) is 0 Å². The SMILES string of the molecule is CC1CNC(c2cc(F)c(F)c(F)c2)SC1. The van der Waals surface area contributed by atoms with Gasteiger partial charge in [0, 0.05) is 0 Å². The maximum atomic E-state index is 13.0. The Kier molecular flexibility index (Phi) is 3.44. The van der Waals surface area contributed by atoms with E-state index in [0.29, 0.717) is 11.5 Å². The topological polar surface area (TPSA) is 12.0 Å².